The fourth-order valence-electron chi connectivity index (χ4n) is 1.83. The zero-order valence-corrected chi connectivity index (χ0v) is 8.03. The highest BCUT2D eigenvalue weighted by molar-refractivity contribution is 6.05. The molecular formula is C13H9NO. The van der Waals surface area contributed by atoms with E-state index in [0.717, 1.165) is 27.5 Å². The molecule has 0 saturated heterocycles. The first-order valence-electron chi connectivity index (χ1n) is 4.80. The summed E-state index contributed by atoms with van der Waals surface area (Å²) >= 11 is 0. The molecule has 2 heteroatoms. The Bertz CT molecular complexity index is 652. The van der Waals surface area contributed by atoms with Crippen molar-refractivity contribution >= 4 is 28.2 Å². The first-order chi connectivity index (χ1) is 7.38. The van der Waals surface area contributed by atoms with Crippen LogP contribution in [0.1, 0.15) is 5.56 Å². The Morgan fingerprint density at radius 2 is 1.73 bits per heavy atom. The second-order valence-electron chi connectivity index (χ2n) is 3.50. The Morgan fingerprint density at radius 1 is 0.933 bits per heavy atom. The van der Waals surface area contributed by atoms with Crippen molar-refractivity contribution in [3.63, 3.8) is 0 Å². The minimum Gasteiger partial charge on any atom is -0.456 e. The molecule has 0 unspecified atom stereocenters. The molecule has 1 N–H and O–H groups in total. The number of nitrogens with one attached hydrogen (secondary N) is 1. The van der Waals surface area contributed by atoms with Crippen molar-refractivity contribution in [1.82, 2.24) is 0 Å². The molecule has 0 bridgehead atoms. The first-order valence-corrected chi connectivity index (χ1v) is 4.80. The van der Waals surface area contributed by atoms with Crippen molar-refractivity contribution in [3.05, 3.63) is 48.0 Å². The van der Waals surface area contributed by atoms with Gasteiger partial charge in [0.2, 0.25) is 0 Å². The van der Waals surface area contributed by atoms with E-state index >= 15 is 0 Å². The van der Waals surface area contributed by atoms with Gasteiger partial charge < -0.3 is 9.83 Å². The zero-order valence-electron chi connectivity index (χ0n) is 8.03. The molecule has 1 heterocycles. The Hall–Kier alpha value is -2.09. The van der Waals surface area contributed by atoms with Crippen molar-refractivity contribution in [3.8, 4) is 0 Å². The third kappa shape index (κ3) is 1.15. The van der Waals surface area contributed by atoms with Crippen LogP contribution in [-0.4, -0.2) is 6.21 Å². The van der Waals surface area contributed by atoms with Crippen molar-refractivity contribution in [2.45, 2.75) is 0 Å². The standard InChI is InChI=1S/C13H9NO/c14-8-9-5-6-11-10-3-1-2-4-12(10)15-13(11)7-9/h1-8,14H. The van der Waals surface area contributed by atoms with Crippen molar-refractivity contribution < 1.29 is 4.42 Å². The van der Waals surface area contributed by atoms with E-state index in [1.54, 1.807) is 0 Å². The van der Waals surface area contributed by atoms with Crippen LogP contribution in [0.4, 0.5) is 0 Å². The van der Waals surface area contributed by atoms with Gasteiger partial charge in [-0.15, -0.1) is 0 Å². The SMILES string of the molecule is N=Cc1ccc2c(c1)oc1ccccc12. The molecule has 2 aromatic carbocycles. The van der Waals surface area contributed by atoms with Gasteiger partial charge in [0.05, 0.1) is 0 Å². The van der Waals surface area contributed by atoms with E-state index in [9.17, 15) is 0 Å². The lowest BCUT2D eigenvalue weighted by atomic mass is 10.1. The van der Waals surface area contributed by atoms with Crippen LogP contribution in [0.2, 0.25) is 0 Å². The van der Waals surface area contributed by atoms with Gasteiger partial charge in [-0.2, -0.15) is 0 Å². The third-order valence-corrected chi connectivity index (χ3v) is 2.57. The van der Waals surface area contributed by atoms with E-state index in [0.29, 0.717) is 0 Å². The summed E-state index contributed by atoms with van der Waals surface area (Å²) in [5.41, 5.74) is 2.60. The number of para-hydroxylation sites is 1. The molecule has 0 atom stereocenters. The second-order valence-corrected chi connectivity index (χ2v) is 3.50. The number of fused-ring (bicyclic) bond motifs is 3. The highest BCUT2D eigenvalue weighted by Crippen LogP contribution is 2.28. The molecule has 0 spiro atoms. The van der Waals surface area contributed by atoms with Crippen LogP contribution in [0, 0.1) is 5.41 Å². The Kier molecular flexibility index (Phi) is 1.62. The Labute approximate surface area is 86.6 Å². The average molecular weight is 195 g/mol. The summed E-state index contributed by atoms with van der Waals surface area (Å²) in [5.74, 6) is 0. The van der Waals surface area contributed by atoms with Crippen LogP contribution < -0.4 is 0 Å². The lowest BCUT2D eigenvalue weighted by Crippen LogP contribution is -1.76. The maximum atomic E-state index is 7.19. The van der Waals surface area contributed by atoms with Gasteiger partial charge in [-0.1, -0.05) is 24.3 Å². The van der Waals surface area contributed by atoms with Gasteiger partial charge in [0.25, 0.3) is 0 Å². The lowest BCUT2D eigenvalue weighted by molar-refractivity contribution is 0.669. The van der Waals surface area contributed by atoms with Gasteiger partial charge >= 0.3 is 0 Å². The summed E-state index contributed by atoms with van der Waals surface area (Å²) < 4.78 is 5.69. The van der Waals surface area contributed by atoms with E-state index in [1.807, 2.05) is 42.5 Å². The van der Waals surface area contributed by atoms with Crippen LogP contribution in [0.15, 0.2) is 46.9 Å². The topological polar surface area (TPSA) is 37.0 Å². The normalized spacial score (nSPS) is 10.9. The van der Waals surface area contributed by atoms with E-state index in [2.05, 4.69) is 0 Å². The third-order valence-electron chi connectivity index (χ3n) is 2.57. The van der Waals surface area contributed by atoms with Crippen LogP contribution in [-0.2, 0) is 0 Å². The maximum Gasteiger partial charge on any atom is 0.136 e. The lowest BCUT2D eigenvalue weighted by Gasteiger charge is -1.90. The highest BCUT2D eigenvalue weighted by atomic mass is 16.3. The summed E-state index contributed by atoms with van der Waals surface area (Å²) in [5, 5.41) is 9.42. The minimum atomic E-state index is 0.845. The van der Waals surface area contributed by atoms with Gasteiger partial charge in [-0.25, -0.2) is 0 Å². The van der Waals surface area contributed by atoms with Gasteiger partial charge in [-0.05, 0) is 23.8 Å². The van der Waals surface area contributed by atoms with Crippen molar-refractivity contribution in [2.24, 2.45) is 0 Å². The molecule has 15 heavy (non-hydrogen) atoms. The van der Waals surface area contributed by atoms with Crippen LogP contribution >= 0.6 is 0 Å². The summed E-state index contributed by atoms with van der Waals surface area (Å²) in [7, 11) is 0. The van der Waals surface area contributed by atoms with Gasteiger partial charge in [-0.3, -0.25) is 0 Å². The Balaban J connectivity index is 2.48. The maximum absolute atomic E-state index is 7.19. The number of rotatable bonds is 1. The summed E-state index contributed by atoms with van der Waals surface area (Å²) in [6.45, 7) is 0. The molecule has 0 aliphatic heterocycles. The van der Waals surface area contributed by atoms with Gasteiger partial charge in [0.1, 0.15) is 11.2 Å². The first kappa shape index (κ1) is 8.24. The molecule has 0 saturated carbocycles. The number of hydrogen-bond donors (Lipinski definition) is 1. The van der Waals surface area contributed by atoms with E-state index in [-0.39, 0.29) is 0 Å². The van der Waals surface area contributed by atoms with Crippen molar-refractivity contribution in [1.29, 1.82) is 5.41 Å². The summed E-state index contributed by atoms with van der Waals surface area (Å²) in [6.07, 6.45) is 1.33. The second kappa shape index (κ2) is 2.95. The number of furan rings is 1. The smallest absolute Gasteiger partial charge is 0.136 e. The van der Waals surface area contributed by atoms with E-state index < -0.39 is 0 Å². The van der Waals surface area contributed by atoms with Crippen LogP contribution in [0.5, 0.6) is 0 Å². The molecule has 0 radical (unpaired) electrons. The molecule has 0 aliphatic carbocycles. The number of benzene rings is 2. The van der Waals surface area contributed by atoms with E-state index in [4.69, 9.17) is 9.83 Å². The molecule has 0 amide bonds. The van der Waals surface area contributed by atoms with Gasteiger partial charge in [0, 0.05) is 17.0 Å². The fourth-order valence-corrected chi connectivity index (χ4v) is 1.83. The monoisotopic (exact) mass is 195 g/mol. The van der Waals surface area contributed by atoms with Crippen LogP contribution in [0.25, 0.3) is 21.9 Å². The largest absolute Gasteiger partial charge is 0.456 e. The highest BCUT2D eigenvalue weighted by Gasteiger charge is 2.05. The molecule has 0 aliphatic rings. The van der Waals surface area contributed by atoms with Gasteiger partial charge in [0.15, 0.2) is 0 Å². The summed E-state index contributed by atoms with van der Waals surface area (Å²) in [4.78, 5) is 0. The quantitative estimate of drug-likeness (QED) is 0.592. The predicted molar refractivity (Wildman–Crippen MR) is 61.6 cm³/mol. The molecule has 1 aromatic heterocycles. The molecule has 0 fully saturated rings. The predicted octanol–water partition coefficient (Wildman–Crippen LogP) is 3.58. The average Bonchev–Trinajstić information content (AvgIpc) is 2.66. The summed E-state index contributed by atoms with van der Waals surface area (Å²) in [6, 6.07) is 13.8. The number of hydrogen-bond acceptors (Lipinski definition) is 2. The molecule has 3 aromatic rings. The molecule has 3 rings (SSSR count). The molecule has 2 nitrogen and oxygen atoms in total. The van der Waals surface area contributed by atoms with E-state index in [1.165, 1.54) is 6.21 Å². The molecule has 72 valence electrons. The zero-order chi connectivity index (χ0) is 10.3. The van der Waals surface area contributed by atoms with Crippen molar-refractivity contribution in [2.75, 3.05) is 0 Å². The minimum absolute atomic E-state index is 0.845. The Morgan fingerprint density at radius 3 is 2.60 bits per heavy atom. The molecular weight excluding hydrogens is 186 g/mol. The van der Waals surface area contributed by atoms with Crippen LogP contribution in [0.3, 0.4) is 0 Å². The fraction of sp³-hybridized carbons (Fsp3) is 0.